The van der Waals surface area contributed by atoms with Crippen LogP contribution in [0.4, 0.5) is 24.5 Å². The topological polar surface area (TPSA) is 43.6 Å². The molecule has 2 aromatic carbocycles. The number of hydrogen-bond acceptors (Lipinski definition) is 3. The first kappa shape index (κ1) is 19.2. The molecule has 0 radical (unpaired) electrons. The van der Waals surface area contributed by atoms with E-state index in [-0.39, 0.29) is 17.5 Å². The number of piperidine rings is 1. The number of benzene rings is 2. The number of rotatable bonds is 5. The molecule has 0 aromatic heterocycles. The molecular formula is C20H20F3N2O2-. The third-order valence-corrected chi connectivity index (χ3v) is 4.55. The van der Waals surface area contributed by atoms with Crippen molar-refractivity contribution in [3.63, 3.8) is 0 Å². The summed E-state index contributed by atoms with van der Waals surface area (Å²) in [6, 6.07) is 12.3. The molecule has 0 amide bonds. The molecule has 1 heterocycles. The SMILES string of the molecule is CN1CCC(C(=O)c2cccc([N-]c3ccc(OC(F)(F)F)cc3)c2)CC1. The molecule has 27 heavy (non-hydrogen) atoms. The molecule has 7 heteroatoms. The van der Waals surface area contributed by atoms with Crippen molar-refractivity contribution in [1.82, 2.24) is 4.90 Å². The highest BCUT2D eigenvalue weighted by Crippen LogP contribution is 2.33. The van der Waals surface area contributed by atoms with Crippen LogP contribution >= 0.6 is 0 Å². The standard InChI is InChI=1S/C20H20F3N2O2/c1-25-11-9-14(10-12-25)19(26)15-3-2-4-17(13-15)24-16-5-7-18(8-6-16)27-20(21,22)23/h2-8,13-14H,9-12H2,1H3/q-1. The lowest BCUT2D eigenvalue weighted by Gasteiger charge is -2.28. The summed E-state index contributed by atoms with van der Waals surface area (Å²) in [5.74, 6) is -0.156. The van der Waals surface area contributed by atoms with E-state index >= 15 is 0 Å². The Kier molecular flexibility index (Phi) is 5.70. The number of likely N-dealkylation sites (tertiary alicyclic amines) is 1. The number of nitrogens with zero attached hydrogens (tertiary/aromatic N) is 2. The van der Waals surface area contributed by atoms with Crippen molar-refractivity contribution in [1.29, 1.82) is 0 Å². The average molecular weight is 377 g/mol. The molecule has 0 bridgehead atoms. The Morgan fingerprint density at radius 1 is 1.07 bits per heavy atom. The minimum atomic E-state index is -4.72. The molecule has 1 saturated heterocycles. The van der Waals surface area contributed by atoms with Crippen LogP contribution in [0.15, 0.2) is 48.5 Å². The first-order valence-electron chi connectivity index (χ1n) is 8.70. The van der Waals surface area contributed by atoms with Gasteiger partial charge in [0.25, 0.3) is 0 Å². The quantitative estimate of drug-likeness (QED) is 0.651. The Morgan fingerprint density at radius 2 is 1.74 bits per heavy atom. The van der Waals surface area contributed by atoms with Gasteiger partial charge in [-0.3, -0.25) is 4.79 Å². The molecule has 0 N–H and O–H groups in total. The number of alkyl halides is 3. The van der Waals surface area contributed by atoms with E-state index in [9.17, 15) is 18.0 Å². The zero-order valence-electron chi connectivity index (χ0n) is 14.9. The fourth-order valence-corrected chi connectivity index (χ4v) is 3.11. The van der Waals surface area contributed by atoms with Crippen LogP contribution in [0, 0.1) is 5.92 Å². The Hall–Kier alpha value is -2.54. The van der Waals surface area contributed by atoms with Gasteiger partial charge >= 0.3 is 6.36 Å². The van der Waals surface area contributed by atoms with E-state index in [1.165, 1.54) is 24.3 Å². The first-order chi connectivity index (χ1) is 12.8. The molecule has 0 unspecified atom stereocenters. The smallest absolute Gasteiger partial charge is 0.573 e. The van der Waals surface area contributed by atoms with Crippen molar-refractivity contribution in [2.45, 2.75) is 19.2 Å². The van der Waals surface area contributed by atoms with Crippen LogP contribution in [-0.2, 0) is 0 Å². The summed E-state index contributed by atoms with van der Waals surface area (Å²) in [7, 11) is 2.05. The van der Waals surface area contributed by atoms with E-state index in [1.807, 2.05) is 7.05 Å². The van der Waals surface area contributed by atoms with Gasteiger partial charge < -0.3 is 15.0 Å². The lowest BCUT2D eigenvalue weighted by atomic mass is 9.89. The Balaban J connectivity index is 1.66. The van der Waals surface area contributed by atoms with Crippen molar-refractivity contribution in [3.05, 3.63) is 59.4 Å². The number of carbonyl (C=O) groups is 1. The Morgan fingerprint density at radius 3 is 2.37 bits per heavy atom. The molecule has 3 rings (SSSR count). The number of ketones is 1. The molecule has 144 valence electrons. The van der Waals surface area contributed by atoms with Crippen LogP contribution in [0.2, 0.25) is 0 Å². The van der Waals surface area contributed by atoms with Gasteiger partial charge in [0, 0.05) is 11.5 Å². The molecule has 2 aromatic rings. The van der Waals surface area contributed by atoms with Crippen LogP contribution in [-0.4, -0.2) is 37.2 Å². The lowest BCUT2D eigenvalue weighted by molar-refractivity contribution is -0.274. The zero-order chi connectivity index (χ0) is 19.4. The summed E-state index contributed by atoms with van der Waals surface area (Å²) in [5.41, 5.74) is 1.68. The van der Waals surface area contributed by atoms with Gasteiger partial charge in [-0.2, -0.15) is 0 Å². The molecule has 0 atom stereocenters. The van der Waals surface area contributed by atoms with Gasteiger partial charge in [-0.25, -0.2) is 0 Å². The summed E-state index contributed by atoms with van der Waals surface area (Å²) in [6.45, 7) is 1.82. The van der Waals surface area contributed by atoms with Gasteiger partial charge in [-0.1, -0.05) is 36.4 Å². The summed E-state index contributed by atoms with van der Waals surface area (Å²) >= 11 is 0. The van der Waals surface area contributed by atoms with Crippen LogP contribution < -0.4 is 4.74 Å². The normalized spacial score (nSPS) is 16.1. The molecule has 1 aliphatic heterocycles. The van der Waals surface area contributed by atoms with E-state index in [4.69, 9.17) is 0 Å². The van der Waals surface area contributed by atoms with E-state index in [2.05, 4.69) is 15.0 Å². The maximum absolute atomic E-state index is 12.7. The monoisotopic (exact) mass is 377 g/mol. The van der Waals surface area contributed by atoms with E-state index in [0.29, 0.717) is 16.9 Å². The van der Waals surface area contributed by atoms with Crippen LogP contribution in [0.1, 0.15) is 23.2 Å². The lowest BCUT2D eigenvalue weighted by Crippen LogP contribution is -2.33. The third kappa shape index (κ3) is 5.47. The molecule has 0 saturated carbocycles. The predicted molar refractivity (Wildman–Crippen MR) is 96.8 cm³/mol. The molecule has 4 nitrogen and oxygen atoms in total. The fourth-order valence-electron chi connectivity index (χ4n) is 3.11. The molecule has 0 aliphatic carbocycles. The minimum Gasteiger partial charge on any atom is -0.658 e. The highest BCUT2D eigenvalue weighted by Gasteiger charge is 2.30. The summed E-state index contributed by atoms with van der Waals surface area (Å²) in [6.07, 6.45) is -3.03. The number of Topliss-reactive ketones (excluding diaryl/α,β-unsaturated/α-hetero) is 1. The van der Waals surface area contributed by atoms with Crippen LogP contribution in [0.5, 0.6) is 5.75 Å². The van der Waals surface area contributed by atoms with E-state index in [0.717, 1.165) is 25.9 Å². The largest absolute Gasteiger partial charge is 0.658 e. The van der Waals surface area contributed by atoms with Gasteiger partial charge in [-0.05, 0) is 45.1 Å². The second kappa shape index (κ2) is 8.00. The first-order valence-corrected chi connectivity index (χ1v) is 8.70. The van der Waals surface area contributed by atoms with Crippen molar-refractivity contribution in [2.24, 2.45) is 5.92 Å². The Bertz CT molecular complexity index is 783. The predicted octanol–water partition coefficient (Wildman–Crippen LogP) is 5.45. The zero-order valence-corrected chi connectivity index (χ0v) is 14.9. The highest BCUT2D eigenvalue weighted by atomic mass is 19.4. The maximum atomic E-state index is 12.7. The summed E-state index contributed by atoms with van der Waals surface area (Å²) in [5, 5.41) is 4.38. The third-order valence-electron chi connectivity index (χ3n) is 4.55. The number of carbonyl (C=O) groups excluding carboxylic acids is 1. The molecular weight excluding hydrogens is 357 g/mol. The number of ether oxygens (including phenoxy) is 1. The van der Waals surface area contributed by atoms with Crippen molar-refractivity contribution >= 4 is 17.2 Å². The van der Waals surface area contributed by atoms with Crippen molar-refractivity contribution in [3.8, 4) is 5.75 Å². The van der Waals surface area contributed by atoms with Gasteiger partial charge in [0.05, 0.1) is 0 Å². The molecule has 1 aliphatic rings. The van der Waals surface area contributed by atoms with Crippen molar-refractivity contribution < 1.29 is 22.7 Å². The van der Waals surface area contributed by atoms with Gasteiger partial charge in [0.1, 0.15) is 5.75 Å². The van der Waals surface area contributed by atoms with Crippen LogP contribution in [0.25, 0.3) is 5.32 Å². The summed E-state index contributed by atoms with van der Waals surface area (Å²) in [4.78, 5) is 14.9. The second-order valence-electron chi connectivity index (χ2n) is 6.65. The fraction of sp³-hybridized carbons (Fsp3) is 0.350. The average Bonchev–Trinajstić information content (AvgIpc) is 2.62. The van der Waals surface area contributed by atoms with E-state index < -0.39 is 6.36 Å². The van der Waals surface area contributed by atoms with Crippen molar-refractivity contribution in [2.75, 3.05) is 20.1 Å². The van der Waals surface area contributed by atoms with Gasteiger partial charge in [0.2, 0.25) is 0 Å². The second-order valence-corrected chi connectivity index (χ2v) is 6.65. The molecule has 1 fully saturated rings. The van der Waals surface area contributed by atoms with Gasteiger partial charge in [0.15, 0.2) is 5.78 Å². The van der Waals surface area contributed by atoms with Crippen LogP contribution in [0.3, 0.4) is 0 Å². The maximum Gasteiger partial charge on any atom is 0.573 e. The summed E-state index contributed by atoms with van der Waals surface area (Å²) < 4.78 is 40.5. The van der Waals surface area contributed by atoms with Gasteiger partial charge in [-0.15, -0.1) is 24.5 Å². The minimum absolute atomic E-state index is 0.0234. The highest BCUT2D eigenvalue weighted by molar-refractivity contribution is 5.99. The number of hydrogen-bond donors (Lipinski definition) is 0. The molecule has 0 spiro atoms. The van der Waals surface area contributed by atoms with E-state index in [1.54, 1.807) is 24.3 Å². The number of halogens is 3. The Labute approximate surface area is 155 Å².